The molecule has 0 aliphatic heterocycles. The first-order valence-corrected chi connectivity index (χ1v) is 9.70. The Kier molecular flexibility index (Phi) is 3.48. The van der Waals surface area contributed by atoms with Gasteiger partial charge in [0.25, 0.3) is 34.4 Å². The Labute approximate surface area is 120 Å². The van der Waals surface area contributed by atoms with Crippen molar-refractivity contribution in [1.29, 1.82) is 0 Å². The second-order valence-corrected chi connectivity index (χ2v) is 9.53. The summed E-state index contributed by atoms with van der Waals surface area (Å²) in [4.78, 5) is 0. The van der Waals surface area contributed by atoms with Crippen molar-refractivity contribution in [3.05, 3.63) is 35.4 Å². The van der Waals surface area contributed by atoms with E-state index in [9.17, 15) is 38.9 Å². The van der Waals surface area contributed by atoms with E-state index < -0.39 is 51.7 Å². The predicted molar refractivity (Wildman–Crippen MR) is 70.3 cm³/mol. The number of hydrogen-bond acceptors (Lipinski definition) is 6. The number of benzene rings is 1. The number of fused-ring (bicyclic) bond motifs is 1. The summed E-state index contributed by atoms with van der Waals surface area (Å²) in [6.07, 6.45) is -0.700. The lowest BCUT2D eigenvalue weighted by Gasteiger charge is -2.28. The predicted octanol–water partition coefficient (Wildman–Crippen LogP) is -0.572. The molecule has 12 heteroatoms. The molecule has 2 rings (SSSR count). The van der Waals surface area contributed by atoms with Gasteiger partial charge in [-0.25, -0.2) is 0 Å². The van der Waals surface area contributed by atoms with Crippen molar-refractivity contribution in [1.82, 2.24) is 0 Å². The minimum absolute atomic E-state index is 0.0459. The smallest absolute Gasteiger partial charge is 0.285 e. The van der Waals surface area contributed by atoms with E-state index in [-0.39, 0.29) is 5.56 Å². The fourth-order valence-corrected chi connectivity index (χ4v) is 7.81. The molecule has 1 aromatic rings. The molecule has 3 N–H and O–H groups in total. The van der Waals surface area contributed by atoms with Gasteiger partial charge in [-0.05, 0) is 17.5 Å². The van der Waals surface area contributed by atoms with E-state index in [0.717, 1.165) is 6.07 Å². The van der Waals surface area contributed by atoms with E-state index in [0.29, 0.717) is 0 Å². The van der Waals surface area contributed by atoms with Crippen LogP contribution in [-0.2, 0) is 40.9 Å². The molecular formula is C9H10O9S3. The molecule has 1 aliphatic carbocycles. The van der Waals surface area contributed by atoms with Gasteiger partial charge in [0, 0.05) is 0 Å². The van der Waals surface area contributed by atoms with E-state index in [4.69, 9.17) is 0 Å². The molecule has 9 nitrogen and oxygen atoms in total. The monoisotopic (exact) mass is 358 g/mol. The average Bonchev–Trinajstić information content (AvgIpc) is 2.62. The van der Waals surface area contributed by atoms with Gasteiger partial charge >= 0.3 is 0 Å². The lowest BCUT2D eigenvalue weighted by atomic mass is 10.1. The zero-order chi connectivity index (χ0) is 16.3. The Bertz CT molecular complexity index is 864. The van der Waals surface area contributed by atoms with Gasteiger partial charge in [-0.1, -0.05) is 24.3 Å². The quantitative estimate of drug-likeness (QED) is 0.600. The van der Waals surface area contributed by atoms with Crippen molar-refractivity contribution < 1.29 is 38.9 Å². The van der Waals surface area contributed by atoms with E-state index in [2.05, 4.69) is 0 Å². The van der Waals surface area contributed by atoms with Gasteiger partial charge in [0.1, 0.15) is 5.25 Å². The third-order valence-corrected chi connectivity index (χ3v) is 8.69. The summed E-state index contributed by atoms with van der Waals surface area (Å²) < 4.78 is 93.8. The Morgan fingerprint density at radius 1 is 0.905 bits per heavy atom. The fourth-order valence-electron chi connectivity index (χ4n) is 2.59. The third kappa shape index (κ3) is 2.18. The van der Waals surface area contributed by atoms with Crippen LogP contribution >= 0.6 is 0 Å². The summed E-state index contributed by atoms with van der Waals surface area (Å²) in [5, 5.41) is -2.48. The van der Waals surface area contributed by atoms with E-state index >= 15 is 0 Å². The molecule has 1 atom stereocenters. The van der Waals surface area contributed by atoms with Crippen molar-refractivity contribution in [2.75, 3.05) is 0 Å². The largest absolute Gasteiger partial charge is 0.293 e. The van der Waals surface area contributed by atoms with Crippen LogP contribution in [0.5, 0.6) is 0 Å². The zero-order valence-electron chi connectivity index (χ0n) is 10.1. The fraction of sp³-hybridized carbons (Fsp3) is 0.333. The van der Waals surface area contributed by atoms with Gasteiger partial charge in [-0.3, -0.25) is 13.7 Å². The molecule has 1 unspecified atom stereocenters. The molecule has 0 saturated heterocycles. The van der Waals surface area contributed by atoms with Crippen molar-refractivity contribution >= 4 is 30.4 Å². The van der Waals surface area contributed by atoms with Crippen LogP contribution in [-0.4, -0.2) is 44.2 Å². The minimum atomic E-state index is -5.64. The molecule has 0 spiro atoms. The maximum absolute atomic E-state index is 11.7. The van der Waals surface area contributed by atoms with Crippen LogP contribution in [0, 0.1) is 0 Å². The van der Waals surface area contributed by atoms with E-state index in [1.165, 1.54) is 18.2 Å². The second kappa shape index (κ2) is 4.47. The van der Waals surface area contributed by atoms with Gasteiger partial charge < -0.3 is 0 Å². The average molecular weight is 358 g/mol. The maximum Gasteiger partial charge on any atom is 0.293 e. The normalized spacial score (nSPS) is 22.0. The van der Waals surface area contributed by atoms with E-state index in [1.54, 1.807) is 0 Å². The van der Waals surface area contributed by atoms with Crippen molar-refractivity contribution in [3.63, 3.8) is 0 Å². The first-order valence-electron chi connectivity index (χ1n) is 5.32. The minimum Gasteiger partial charge on any atom is -0.285 e. The van der Waals surface area contributed by atoms with Crippen LogP contribution < -0.4 is 0 Å². The van der Waals surface area contributed by atoms with Crippen LogP contribution in [0.3, 0.4) is 0 Å². The Hall–Kier alpha value is -1.05. The second-order valence-electron chi connectivity index (χ2n) is 4.48. The summed E-state index contributed by atoms with van der Waals surface area (Å²) in [6.45, 7) is 0. The van der Waals surface area contributed by atoms with Crippen molar-refractivity contribution in [2.45, 2.75) is 15.7 Å². The highest BCUT2D eigenvalue weighted by atomic mass is 32.3. The summed E-state index contributed by atoms with van der Waals surface area (Å²) >= 11 is 0. The Morgan fingerprint density at radius 2 is 1.38 bits per heavy atom. The van der Waals surface area contributed by atoms with Crippen molar-refractivity contribution in [3.8, 4) is 0 Å². The zero-order valence-corrected chi connectivity index (χ0v) is 12.6. The maximum atomic E-state index is 11.7. The summed E-state index contributed by atoms with van der Waals surface area (Å²) in [5.74, 6) is 0. The molecule has 1 aliphatic rings. The molecule has 118 valence electrons. The van der Waals surface area contributed by atoms with Crippen LogP contribution in [0.2, 0.25) is 0 Å². The number of rotatable bonds is 3. The summed E-state index contributed by atoms with van der Waals surface area (Å²) in [7, 11) is -16.5. The molecule has 0 fully saturated rings. The molecule has 0 heterocycles. The Balaban J connectivity index is 3.06. The van der Waals surface area contributed by atoms with Gasteiger partial charge in [-0.2, -0.15) is 25.3 Å². The van der Waals surface area contributed by atoms with Gasteiger partial charge in [-0.15, -0.1) is 0 Å². The van der Waals surface area contributed by atoms with E-state index in [1.807, 2.05) is 0 Å². The highest BCUT2D eigenvalue weighted by Gasteiger charge is 2.69. The first-order chi connectivity index (χ1) is 9.33. The van der Waals surface area contributed by atoms with Crippen LogP contribution in [0.1, 0.15) is 11.1 Å². The molecule has 0 radical (unpaired) electrons. The molecule has 0 bridgehead atoms. The Morgan fingerprint density at radius 3 is 1.81 bits per heavy atom. The van der Waals surface area contributed by atoms with Gasteiger partial charge in [0.2, 0.25) is 0 Å². The lowest BCUT2D eigenvalue weighted by Crippen LogP contribution is -2.52. The highest BCUT2D eigenvalue weighted by molar-refractivity contribution is 8.06. The van der Waals surface area contributed by atoms with Crippen LogP contribution in [0.25, 0.3) is 0 Å². The van der Waals surface area contributed by atoms with Crippen molar-refractivity contribution in [2.24, 2.45) is 0 Å². The summed E-state index contributed by atoms with van der Waals surface area (Å²) in [5.41, 5.74) is -0.659. The molecule has 0 aromatic heterocycles. The molecule has 21 heavy (non-hydrogen) atoms. The molecule has 0 amide bonds. The molecule has 1 aromatic carbocycles. The highest BCUT2D eigenvalue weighted by Crippen LogP contribution is 2.49. The van der Waals surface area contributed by atoms with Crippen LogP contribution in [0.15, 0.2) is 24.3 Å². The topological polar surface area (TPSA) is 163 Å². The van der Waals surface area contributed by atoms with Gasteiger partial charge in [0.05, 0.1) is 0 Å². The van der Waals surface area contributed by atoms with Gasteiger partial charge in [0.15, 0.2) is 0 Å². The standard InChI is InChI=1S/C9H10O9S3/c10-19(11,12)8-5-6-3-1-2-4-7(6)9(8,20(13,14)15)21(16,17)18/h1-4,8H,5H2,(H,10,11,12)(H,13,14,15)(H,16,17,18). The number of hydrogen-bond donors (Lipinski definition) is 3. The molecule has 0 saturated carbocycles. The molecular weight excluding hydrogens is 348 g/mol. The lowest BCUT2D eigenvalue weighted by molar-refractivity contribution is 0.406. The summed E-state index contributed by atoms with van der Waals surface area (Å²) in [6, 6.07) is 4.76. The third-order valence-electron chi connectivity index (χ3n) is 3.35. The SMILES string of the molecule is O=S(=O)(O)C1Cc2ccccc2C1(S(=O)(=O)O)S(=O)(=O)O. The van der Waals surface area contributed by atoms with Crippen LogP contribution in [0.4, 0.5) is 0 Å². The first kappa shape index (κ1) is 16.3.